The molecule has 0 aliphatic heterocycles. The number of Topliss-reactive ketones (excluding diaryl/α,β-unsaturated/α-hetero) is 2. The van der Waals surface area contributed by atoms with E-state index in [0.29, 0.717) is 30.4 Å². The molecule has 0 heterocycles. The number of carbonyl (C=O) groups is 2. The van der Waals surface area contributed by atoms with E-state index < -0.39 is 0 Å². The molecular formula is C11H10O2. The largest absolute Gasteiger partial charge is 0.294 e. The van der Waals surface area contributed by atoms with E-state index in [9.17, 15) is 9.59 Å². The Kier molecular flexibility index (Phi) is 1.97. The lowest BCUT2D eigenvalue weighted by atomic mass is 10.0. The molecular weight excluding hydrogens is 164 g/mol. The first-order valence-electron chi connectivity index (χ1n) is 4.44. The van der Waals surface area contributed by atoms with Gasteiger partial charge in [0, 0.05) is 24.0 Å². The van der Waals surface area contributed by atoms with Crippen molar-refractivity contribution >= 4 is 11.6 Å². The second kappa shape index (κ2) is 3.13. The molecule has 0 saturated heterocycles. The number of hydrogen-bond donors (Lipinski definition) is 0. The first kappa shape index (κ1) is 8.17. The molecule has 1 aromatic carbocycles. The van der Waals surface area contributed by atoms with Crippen LogP contribution in [0.1, 0.15) is 40.0 Å². The van der Waals surface area contributed by atoms with E-state index >= 15 is 0 Å². The lowest BCUT2D eigenvalue weighted by Crippen LogP contribution is -2.02. The van der Waals surface area contributed by atoms with Crippen LogP contribution in [0.15, 0.2) is 24.3 Å². The van der Waals surface area contributed by atoms with Crippen LogP contribution in [0.5, 0.6) is 0 Å². The molecule has 0 N–H and O–H groups in total. The van der Waals surface area contributed by atoms with E-state index in [2.05, 4.69) is 0 Å². The highest BCUT2D eigenvalue weighted by Crippen LogP contribution is 2.19. The standard InChI is InChI=1S/C11H10O2/c12-10-6-3-7-11(13)9-5-2-1-4-8(9)10/h1-2,4-5H,3,6-7H2. The highest BCUT2D eigenvalue weighted by molar-refractivity contribution is 6.10. The average Bonchev–Trinajstić information content (AvgIpc) is 2.29. The fraction of sp³-hybridized carbons (Fsp3) is 0.273. The van der Waals surface area contributed by atoms with Gasteiger partial charge in [-0.05, 0) is 6.42 Å². The van der Waals surface area contributed by atoms with Crippen LogP contribution in [0.4, 0.5) is 0 Å². The maximum Gasteiger partial charge on any atom is 0.163 e. The first-order valence-corrected chi connectivity index (χ1v) is 4.44. The van der Waals surface area contributed by atoms with Crippen molar-refractivity contribution in [3.8, 4) is 0 Å². The van der Waals surface area contributed by atoms with Gasteiger partial charge in [0.1, 0.15) is 0 Å². The third-order valence-corrected chi connectivity index (χ3v) is 2.34. The Hall–Kier alpha value is -1.44. The molecule has 0 aromatic heterocycles. The normalized spacial score (nSPS) is 16.6. The fourth-order valence-electron chi connectivity index (χ4n) is 1.65. The molecule has 2 rings (SSSR count). The number of fused-ring (bicyclic) bond motifs is 1. The third-order valence-electron chi connectivity index (χ3n) is 2.34. The molecule has 0 radical (unpaired) electrons. The van der Waals surface area contributed by atoms with Crippen molar-refractivity contribution < 1.29 is 9.59 Å². The quantitative estimate of drug-likeness (QED) is 0.565. The molecule has 0 bridgehead atoms. The number of carbonyl (C=O) groups excluding carboxylic acids is 2. The molecule has 13 heavy (non-hydrogen) atoms. The summed E-state index contributed by atoms with van der Waals surface area (Å²) in [4.78, 5) is 23.0. The fourth-order valence-corrected chi connectivity index (χ4v) is 1.65. The van der Waals surface area contributed by atoms with Gasteiger partial charge in [-0.3, -0.25) is 9.59 Å². The smallest absolute Gasteiger partial charge is 0.163 e. The van der Waals surface area contributed by atoms with Crippen molar-refractivity contribution in [2.24, 2.45) is 0 Å². The minimum Gasteiger partial charge on any atom is -0.294 e. The second-order valence-electron chi connectivity index (χ2n) is 3.25. The third kappa shape index (κ3) is 1.39. The van der Waals surface area contributed by atoms with Crippen molar-refractivity contribution in [1.82, 2.24) is 0 Å². The van der Waals surface area contributed by atoms with Crippen LogP contribution in [-0.4, -0.2) is 11.6 Å². The molecule has 0 atom stereocenters. The summed E-state index contributed by atoms with van der Waals surface area (Å²) < 4.78 is 0. The van der Waals surface area contributed by atoms with E-state index in [4.69, 9.17) is 0 Å². The molecule has 66 valence electrons. The zero-order valence-corrected chi connectivity index (χ0v) is 7.25. The van der Waals surface area contributed by atoms with Gasteiger partial charge in [-0.2, -0.15) is 0 Å². The molecule has 0 unspecified atom stereocenters. The van der Waals surface area contributed by atoms with Gasteiger partial charge in [0.05, 0.1) is 0 Å². The predicted molar refractivity (Wildman–Crippen MR) is 49.0 cm³/mol. The average molecular weight is 174 g/mol. The van der Waals surface area contributed by atoms with E-state index in [1.54, 1.807) is 24.3 Å². The summed E-state index contributed by atoms with van der Waals surface area (Å²) in [6.07, 6.45) is 1.69. The van der Waals surface area contributed by atoms with Gasteiger partial charge in [0.25, 0.3) is 0 Å². The zero-order chi connectivity index (χ0) is 9.26. The van der Waals surface area contributed by atoms with Crippen molar-refractivity contribution in [2.45, 2.75) is 19.3 Å². The van der Waals surface area contributed by atoms with E-state index in [1.807, 2.05) is 0 Å². The second-order valence-corrected chi connectivity index (χ2v) is 3.25. The van der Waals surface area contributed by atoms with Gasteiger partial charge in [0.15, 0.2) is 11.6 Å². The van der Waals surface area contributed by atoms with Crippen molar-refractivity contribution in [3.63, 3.8) is 0 Å². The molecule has 2 nitrogen and oxygen atoms in total. The summed E-state index contributed by atoms with van der Waals surface area (Å²) in [5.41, 5.74) is 1.20. The van der Waals surface area contributed by atoms with Gasteiger partial charge in [-0.15, -0.1) is 0 Å². The van der Waals surface area contributed by atoms with Crippen LogP contribution in [0.25, 0.3) is 0 Å². The van der Waals surface area contributed by atoms with Gasteiger partial charge in [-0.25, -0.2) is 0 Å². The molecule has 1 aliphatic rings. The molecule has 1 aromatic rings. The Morgan fingerprint density at radius 2 is 1.31 bits per heavy atom. The number of hydrogen-bond acceptors (Lipinski definition) is 2. The Morgan fingerprint density at radius 1 is 0.846 bits per heavy atom. The summed E-state index contributed by atoms with van der Waals surface area (Å²) in [5.74, 6) is 0.197. The molecule has 0 spiro atoms. The maximum absolute atomic E-state index is 11.5. The van der Waals surface area contributed by atoms with Crippen LogP contribution in [0, 0.1) is 0 Å². The predicted octanol–water partition coefficient (Wildman–Crippen LogP) is 2.24. The van der Waals surface area contributed by atoms with Gasteiger partial charge >= 0.3 is 0 Å². The van der Waals surface area contributed by atoms with Gasteiger partial charge in [0.2, 0.25) is 0 Å². The van der Waals surface area contributed by atoms with Crippen molar-refractivity contribution in [2.75, 3.05) is 0 Å². The summed E-state index contributed by atoms with van der Waals surface area (Å²) in [7, 11) is 0. The van der Waals surface area contributed by atoms with E-state index in [0.717, 1.165) is 0 Å². The first-order chi connectivity index (χ1) is 6.29. The number of rotatable bonds is 0. The molecule has 2 heteroatoms. The molecule has 1 aliphatic carbocycles. The summed E-state index contributed by atoms with van der Waals surface area (Å²) >= 11 is 0. The lowest BCUT2D eigenvalue weighted by molar-refractivity contribution is 0.0981. The Labute approximate surface area is 76.6 Å². The Bertz CT molecular complexity index is 331. The SMILES string of the molecule is O=C1CCCC(=O)c2ccccc21. The minimum atomic E-state index is 0.0986. The van der Waals surface area contributed by atoms with Crippen LogP contribution in [-0.2, 0) is 0 Å². The summed E-state index contributed by atoms with van der Waals surface area (Å²) in [5, 5.41) is 0. The summed E-state index contributed by atoms with van der Waals surface area (Å²) in [6, 6.07) is 7.08. The number of ketones is 2. The van der Waals surface area contributed by atoms with E-state index in [1.165, 1.54) is 0 Å². The number of benzene rings is 1. The molecule has 0 amide bonds. The van der Waals surface area contributed by atoms with Crippen molar-refractivity contribution in [3.05, 3.63) is 35.4 Å². The van der Waals surface area contributed by atoms with Crippen LogP contribution < -0.4 is 0 Å². The monoisotopic (exact) mass is 174 g/mol. The van der Waals surface area contributed by atoms with Gasteiger partial charge in [-0.1, -0.05) is 24.3 Å². The van der Waals surface area contributed by atoms with Gasteiger partial charge < -0.3 is 0 Å². The maximum atomic E-state index is 11.5. The summed E-state index contributed by atoms with van der Waals surface area (Å²) in [6.45, 7) is 0. The highest BCUT2D eigenvalue weighted by Gasteiger charge is 2.19. The van der Waals surface area contributed by atoms with E-state index in [-0.39, 0.29) is 11.6 Å². The minimum absolute atomic E-state index is 0.0986. The molecule has 0 saturated carbocycles. The van der Waals surface area contributed by atoms with Crippen LogP contribution in [0.3, 0.4) is 0 Å². The lowest BCUT2D eigenvalue weighted by Gasteiger charge is -2.00. The zero-order valence-electron chi connectivity index (χ0n) is 7.25. The Balaban J connectivity index is 2.57. The van der Waals surface area contributed by atoms with Crippen LogP contribution in [0.2, 0.25) is 0 Å². The molecule has 0 fully saturated rings. The highest BCUT2D eigenvalue weighted by atomic mass is 16.1. The van der Waals surface area contributed by atoms with Crippen LogP contribution >= 0.6 is 0 Å². The topological polar surface area (TPSA) is 34.1 Å². The Morgan fingerprint density at radius 3 is 1.77 bits per heavy atom. The van der Waals surface area contributed by atoms with Crippen molar-refractivity contribution in [1.29, 1.82) is 0 Å².